The molecule has 0 aromatic heterocycles. The maximum Gasteiger partial charge on any atom is 0.230 e. The van der Waals surface area contributed by atoms with E-state index in [1.807, 2.05) is 59.5 Å². The lowest BCUT2D eigenvalue weighted by molar-refractivity contribution is -0.122. The number of carbonyl (C=O) groups is 1. The van der Waals surface area contributed by atoms with Crippen LogP contribution in [-0.4, -0.2) is 19.1 Å². The SMILES string of the molecule is COc1ccc(N(Cc2ccccc2)C(=O)C2CCC(N)C2)cc1.Cl. The summed E-state index contributed by atoms with van der Waals surface area (Å²) < 4.78 is 5.22. The molecule has 2 aromatic carbocycles. The number of nitrogens with two attached hydrogens (primary N) is 1. The first-order valence-corrected chi connectivity index (χ1v) is 8.42. The van der Waals surface area contributed by atoms with E-state index in [4.69, 9.17) is 10.5 Å². The fourth-order valence-electron chi connectivity index (χ4n) is 3.29. The molecule has 2 atom stereocenters. The fraction of sp³-hybridized carbons (Fsp3) is 0.350. The monoisotopic (exact) mass is 360 g/mol. The van der Waals surface area contributed by atoms with Crippen LogP contribution in [0.1, 0.15) is 24.8 Å². The van der Waals surface area contributed by atoms with Gasteiger partial charge in [-0.25, -0.2) is 0 Å². The Hall–Kier alpha value is -2.04. The number of anilines is 1. The van der Waals surface area contributed by atoms with Crippen LogP contribution in [0.5, 0.6) is 5.75 Å². The minimum atomic E-state index is 0. The summed E-state index contributed by atoms with van der Waals surface area (Å²) in [5, 5.41) is 0. The molecule has 2 aromatic rings. The van der Waals surface area contributed by atoms with Crippen molar-refractivity contribution >= 4 is 24.0 Å². The topological polar surface area (TPSA) is 55.6 Å². The number of hydrogen-bond acceptors (Lipinski definition) is 3. The second-order valence-electron chi connectivity index (χ2n) is 6.38. The van der Waals surface area contributed by atoms with Gasteiger partial charge in [0.05, 0.1) is 13.7 Å². The Labute approximate surface area is 155 Å². The Morgan fingerprint density at radius 1 is 1.12 bits per heavy atom. The molecular formula is C20H25ClN2O2. The molecule has 0 spiro atoms. The van der Waals surface area contributed by atoms with Gasteiger partial charge in [0.2, 0.25) is 5.91 Å². The van der Waals surface area contributed by atoms with Crippen molar-refractivity contribution in [2.45, 2.75) is 31.8 Å². The van der Waals surface area contributed by atoms with Gasteiger partial charge in [-0.2, -0.15) is 0 Å². The molecule has 134 valence electrons. The van der Waals surface area contributed by atoms with Crippen LogP contribution in [0.15, 0.2) is 54.6 Å². The number of hydrogen-bond donors (Lipinski definition) is 1. The first kappa shape index (κ1) is 19.3. The van der Waals surface area contributed by atoms with Gasteiger partial charge in [0.1, 0.15) is 5.75 Å². The maximum atomic E-state index is 13.1. The third-order valence-electron chi connectivity index (χ3n) is 4.66. The van der Waals surface area contributed by atoms with Crippen LogP contribution in [-0.2, 0) is 11.3 Å². The molecule has 0 heterocycles. The number of methoxy groups -OCH3 is 1. The van der Waals surface area contributed by atoms with Gasteiger partial charge < -0.3 is 15.4 Å². The lowest BCUT2D eigenvalue weighted by Crippen LogP contribution is -2.35. The predicted octanol–water partition coefficient (Wildman–Crippen LogP) is 3.78. The summed E-state index contributed by atoms with van der Waals surface area (Å²) in [6.07, 6.45) is 2.58. The highest BCUT2D eigenvalue weighted by Gasteiger charge is 2.31. The van der Waals surface area contributed by atoms with Gasteiger partial charge in [-0.3, -0.25) is 4.79 Å². The van der Waals surface area contributed by atoms with Crippen molar-refractivity contribution in [2.24, 2.45) is 11.7 Å². The molecule has 1 amide bonds. The summed E-state index contributed by atoms with van der Waals surface area (Å²) in [4.78, 5) is 15.0. The second kappa shape index (κ2) is 8.88. The molecule has 0 saturated heterocycles. The zero-order valence-electron chi connectivity index (χ0n) is 14.4. The molecule has 0 aliphatic heterocycles. The van der Waals surface area contributed by atoms with Crippen LogP contribution in [0, 0.1) is 5.92 Å². The average Bonchev–Trinajstić information content (AvgIpc) is 3.06. The Bertz CT molecular complexity index is 676. The first-order valence-electron chi connectivity index (χ1n) is 8.42. The molecule has 1 fully saturated rings. The summed E-state index contributed by atoms with van der Waals surface area (Å²) in [5.41, 5.74) is 8.01. The van der Waals surface area contributed by atoms with E-state index in [1.165, 1.54) is 0 Å². The first-order chi connectivity index (χ1) is 11.7. The molecule has 0 bridgehead atoms. The number of nitrogens with zero attached hydrogens (tertiary/aromatic N) is 1. The third kappa shape index (κ3) is 4.74. The number of carbonyl (C=O) groups excluding carboxylic acids is 1. The molecule has 5 heteroatoms. The molecule has 4 nitrogen and oxygen atoms in total. The van der Waals surface area contributed by atoms with Crippen molar-refractivity contribution in [1.29, 1.82) is 0 Å². The van der Waals surface area contributed by atoms with Gasteiger partial charge in [0.15, 0.2) is 0 Å². The van der Waals surface area contributed by atoms with E-state index in [2.05, 4.69) is 0 Å². The molecule has 0 radical (unpaired) electrons. The minimum absolute atomic E-state index is 0. The summed E-state index contributed by atoms with van der Waals surface area (Å²) in [5.74, 6) is 0.969. The van der Waals surface area contributed by atoms with Crippen LogP contribution in [0.2, 0.25) is 0 Å². The molecule has 2 N–H and O–H groups in total. The molecular weight excluding hydrogens is 336 g/mol. The largest absolute Gasteiger partial charge is 0.497 e. The van der Waals surface area contributed by atoms with Crippen molar-refractivity contribution < 1.29 is 9.53 Å². The molecule has 3 rings (SSSR count). The van der Waals surface area contributed by atoms with Crippen molar-refractivity contribution in [3.63, 3.8) is 0 Å². The Morgan fingerprint density at radius 2 is 1.80 bits per heavy atom. The van der Waals surface area contributed by atoms with Gasteiger partial charge in [-0.15, -0.1) is 12.4 Å². The highest BCUT2D eigenvalue weighted by molar-refractivity contribution is 5.95. The van der Waals surface area contributed by atoms with E-state index < -0.39 is 0 Å². The van der Waals surface area contributed by atoms with Crippen molar-refractivity contribution in [3.05, 3.63) is 60.2 Å². The van der Waals surface area contributed by atoms with E-state index in [1.54, 1.807) is 7.11 Å². The highest BCUT2D eigenvalue weighted by Crippen LogP contribution is 2.30. The van der Waals surface area contributed by atoms with Gasteiger partial charge in [0.25, 0.3) is 0 Å². The molecule has 1 saturated carbocycles. The summed E-state index contributed by atoms with van der Waals surface area (Å²) in [7, 11) is 1.64. The third-order valence-corrected chi connectivity index (χ3v) is 4.66. The van der Waals surface area contributed by atoms with Gasteiger partial charge in [-0.1, -0.05) is 30.3 Å². The maximum absolute atomic E-state index is 13.1. The van der Waals surface area contributed by atoms with Crippen LogP contribution in [0.3, 0.4) is 0 Å². The molecule has 1 aliphatic carbocycles. The predicted molar refractivity (Wildman–Crippen MR) is 103 cm³/mol. The normalized spacial score (nSPS) is 19.1. The second-order valence-corrected chi connectivity index (χ2v) is 6.38. The minimum Gasteiger partial charge on any atom is -0.497 e. The van der Waals surface area contributed by atoms with E-state index in [0.29, 0.717) is 6.54 Å². The zero-order chi connectivity index (χ0) is 16.9. The van der Waals surface area contributed by atoms with Crippen LogP contribution < -0.4 is 15.4 Å². The lowest BCUT2D eigenvalue weighted by atomic mass is 10.0. The quantitative estimate of drug-likeness (QED) is 0.882. The molecule has 25 heavy (non-hydrogen) atoms. The number of halogens is 1. The Morgan fingerprint density at radius 3 is 2.36 bits per heavy atom. The summed E-state index contributed by atoms with van der Waals surface area (Å²) >= 11 is 0. The number of ether oxygens (including phenoxy) is 1. The number of amides is 1. The van der Waals surface area contributed by atoms with E-state index >= 15 is 0 Å². The van der Waals surface area contributed by atoms with Crippen molar-refractivity contribution in [3.8, 4) is 5.75 Å². The highest BCUT2D eigenvalue weighted by atomic mass is 35.5. The number of rotatable bonds is 5. The van der Waals surface area contributed by atoms with Crippen molar-refractivity contribution in [2.75, 3.05) is 12.0 Å². The van der Waals surface area contributed by atoms with E-state index in [9.17, 15) is 4.79 Å². The fourth-order valence-corrected chi connectivity index (χ4v) is 3.29. The van der Waals surface area contributed by atoms with Gasteiger partial charge in [-0.05, 0) is 49.1 Å². The van der Waals surface area contributed by atoms with E-state index in [0.717, 1.165) is 36.3 Å². The van der Waals surface area contributed by atoms with Crippen LogP contribution >= 0.6 is 12.4 Å². The van der Waals surface area contributed by atoms with Crippen molar-refractivity contribution in [1.82, 2.24) is 0 Å². The van der Waals surface area contributed by atoms with Crippen LogP contribution in [0.4, 0.5) is 5.69 Å². The lowest BCUT2D eigenvalue weighted by Gasteiger charge is -2.26. The summed E-state index contributed by atoms with van der Waals surface area (Å²) in [6.45, 7) is 0.567. The molecule has 1 aliphatic rings. The molecule has 2 unspecified atom stereocenters. The van der Waals surface area contributed by atoms with Crippen LogP contribution in [0.25, 0.3) is 0 Å². The van der Waals surface area contributed by atoms with Gasteiger partial charge in [0, 0.05) is 17.6 Å². The Kier molecular flexibility index (Phi) is 6.85. The standard InChI is InChI=1S/C20H24N2O2.ClH/c1-24-19-11-9-18(10-12-19)22(14-15-5-3-2-4-6-15)20(23)16-7-8-17(21)13-16;/h2-6,9-12,16-17H,7-8,13-14,21H2,1H3;1H. The van der Waals surface area contributed by atoms with E-state index in [-0.39, 0.29) is 30.3 Å². The number of benzene rings is 2. The smallest absolute Gasteiger partial charge is 0.230 e. The van der Waals surface area contributed by atoms with Gasteiger partial charge >= 0.3 is 0 Å². The zero-order valence-corrected chi connectivity index (χ0v) is 15.2. The Balaban J connectivity index is 0.00000225. The average molecular weight is 361 g/mol. The summed E-state index contributed by atoms with van der Waals surface area (Å²) in [6, 6.07) is 17.9.